The number of hydrogen-bond acceptors (Lipinski definition) is 2. The zero-order chi connectivity index (χ0) is 9.78. The van der Waals surface area contributed by atoms with Crippen LogP contribution in [0.15, 0.2) is 0 Å². The van der Waals surface area contributed by atoms with E-state index >= 15 is 0 Å². The Kier molecular flexibility index (Phi) is 5.41. The molecule has 12 heavy (non-hydrogen) atoms. The van der Waals surface area contributed by atoms with Crippen molar-refractivity contribution in [3.05, 3.63) is 0 Å². The lowest BCUT2D eigenvalue weighted by molar-refractivity contribution is 0.545. The lowest BCUT2D eigenvalue weighted by atomic mass is 10.2. The van der Waals surface area contributed by atoms with E-state index < -0.39 is 9.84 Å². The van der Waals surface area contributed by atoms with Crippen LogP contribution in [0.2, 0.25) is 0 Å². The van der Waals surface area contributed by atoms with Gasteiger partial charge in [0.2, 0.25) is 0 Å². The van der Waals surface area contributed by atoms with Gasteiger partial charge in [0.05, 0.1) is 11.0 Å². The van der Waals surface area contributed by atoms with E-state index in [2.05, 4.69) is 15.9 Å². The van der Waals surface area contributed by atoms with Crippen LogP contribution in [0.1, 0.15) is 27.2 Å². The van der Waals surface area contributed by atoms with Crippen LogP contribution in [0, 0.1) is 5.92 Å². The molecule has 0 aliphatic rings. The Morgan fingerprint density at radius 2 is 1.75 bits per heavy atom. The Morgan fingerprint density at radius 3 is 2.08 bits per heavy atom. The summed E-state index contributed by atoms with van der Waals surface area (Å²) in [7, 11) is -2.85. The second-order valence-corrected chi connectivity index (χ2v) is 6.63. The molecule has 0 bridgehead atoms. The minimum Gasteiger partial charge on any atom is -0.229 e. The lowest BCUT2D eigenvalue weighted by Crippen LogP contribution is -2.26. The first-order valence-corrected chi connectivity index (χ1v) is 7.03. The minimum atomic E-state index is -2.85. The van der Waals surface area contributed by atoms with Gasteiger partial charge in [-0.15, -0.1) is 0 Å². The molecule has 0 N–H and O–H groups in total. The maximum Gasteiger partial charge on any atom is 0.153 e. The molecule has 0 aliphatic carbocycles. The van der Waals surface area contributed by atoms with Crippen molar-refractivity contribution in [1.29, 1.82) is 0 Å². The van der Waals surface area contributed by atoms with Gasteiger partial charge in [0, 0.05) is 5.33 Å². The number of rotatable bonds is 5. The van der Waals surface area contributed by atoms with E-state index in [4.69, 9.17) is 0 Å². The summed E-state index contributed by atoms with van der Waals surface area (Å²) >= 11 is 3.22. The number of sulfone groups is 1. The molecule has 0 saturated carbocycles. The van der Waals surface area contributed by atoms with Crippen molar-refractivity contribution < 1.29 is 8.42 Å². The van der Waals surface area contributed by atoms with E-state index in [9.17, 15) is 8.42 Å². The molecule has 4 heteroatoms. The molecule has 2 nitrogen and oxygen atoms in total. The fraction of sp³-hybridized carbons (Fsp3) is 1.00. The van der Waals surface area contributed by atoms with E-state index in [1.54, 1.807) is 6.92 Å². The average molecular weight is 257 g/mol. The van der Waals surface area contributed by atoms with Gasteiger partial charge in [0.1, 0.15) is 0 Å². The highest BCUT2D eigenvalue weighted by Crippen LogP contribution is 2.13. The molecule has 0 aliphatic heterocycles. The molecule has 0 radical (unpaired) electrons. The summed E-state index contributed by atoms with van der Waals surface area (Å²) in [6.45, 7) is 5.67. The van der Waals surface area contributed by atoms with Gasteiger partial charge >= 0.3 is 0 Å². The zero-order valence-electron chi connectivity index (χ0n) is 7.88. The molecule has 0 aromatic carbocycles. The maximum atomic E-state index is 11.5. The van der Waals surface area contributed by atoms with Gasteiger partial charge in [-0.2, -0.15) is 0 Å². The molecule has 0 spiro atoms. The van der Waals surface area contributed by atoms with Crippen molar-refractivity contribution in [1.82, 2.24) is 0 Å². The topological polar surface area (TPSA) is 34.1 Å². The predicted octanol–water partition coefficient (Wildman–Crippen LogP) is 2.23. The molecule has 74 valence electrons. The van der Waals surface area contributed by atoms with Crippen molar-refractivity contribution in [3.8, 4) is 0 Å². The summed E-state index contributed by atoms with van der Waals surface area (Å²) < 4.78 is 23.0. The van der Waals surface area contributed by atoms with Gasteiger partial charge in [-0.05, 0) is 19.3 Å². The van der Waals surface area contributed by atoms with Crippen molar-refractivity contribution in [2.75, 3.05) is 11.1 Å². The second kappa shape index (κ2) is 5.22. The Balaban J connectivity index is 4.21. The highest BCUT2D eigenvalue weighted by molar-refractivity contribution is 9.09. The standard InChI is InChI=1S/C8H17BrO2S/c1-7(2)8(3)12(10,11)6-4-5-9/h7-8H,4-6H2,1-3H3. The normalized spacial score (nSPS) is 15.1. The highest BCUT2D eigenvalue weighted by atomic mass is 79.9. The third-order valence-electron chi connectivity index (χ3n) is 2.07. The Hall–Kier alpha value is 0.430. The summed E-state index contributed by atoms with van der Waals surface area (Å²) in [6, 6.07) is 0. The Bertz CT molecular complexity index is 209. The van der Waals surface area contributed by atoms with Crippen molar-refractivity contribution in [2.45, 2.75) is 32.4 Å². The number of alkyl halides is 1. The third kappa shape index (κ3) is 3.90. The lowest BCUT2D eigenvalue weighted by Gasteiger charge is -2.15. The molecule has 0 aromatic heterocycles. The molecule has 0 fully saturated rings. The van der Waals surface area contributed by atoms with Gasteiger partial charge < -0.3 is 0 Å². The molecule has 0 saturated heterocycles. The SMILES string of the molecule is CC(C)C(C)S(=O)(=O)CCCBr. The summed E-state index contributed by atoms with van der Waals surface area (Å²) in [6.07, 6.45) is 0.708. The second-order valence-electron chi connectivity index (χ2n) is 3.36. The first-order chi connectivity index (χ1) is 5.41. The fourth-order valence-corrected chi connectivity index (χ4v) is 3.26. The quantitative estimate of drug-likeness (QED) is 0.708. The summed E-state index contributed by atoms with van der Waals surface area (Å²) in [5.41, 5.74) is 0. The predicted molar refractivity (Wildman–Crippen MR) is 56.5 cm³/mol. The summed E-state index contributed by atoms with van der Waals surface area (Å²) in [5.74, 6) is 0.516. The molecule has 1 unspecified atom stereocenters. The van der Waals surface area contributed by atoms with Crippen LogP contribution in [-0.2, 0) is 9.84 Å². The van der Waals surface area contributed by atoms with Gasteiger partial charge in [-0.3, -0.25) is 0 Å². The van der Waals surface area contributed by atoms with Crippen molar-refractivity contribution in [2.24, 2.45) is 5.92 Å². The van der Waals surface area contributed by atoms with Gasteiger partial charge in [-0.25, -0.2) is 8.42 Å². The molecule has 0 amide bonds. The van der Waals surface area contributed by atoms with E-state index in [0.29, 0.717) is 12.2 Å². The number of hydrogen-bond donors (Lipinski definition) is 0. The van der Waals surface area contributed by atoms with E-state index in [1.807, 2.05) is 13.8 Å². The molecule has 0 aromatic rings. The molecular formula is C8H17BrO2S. The van der Waals surface area contributed by atoms with Crippen LogP contribution in [0.25, 0.3) is 0 Å². The van der Waals surface area contributed by atoms with Crippen LogP contribution in [0.5, 0.6) is 0 Å². The molecule has 1 atom stereocenters. The Labute approximate surface area is 83.8 Å². The van der Waals surface area contributed by atoms with Crippen LogP contribution in [0.3, 0.4) is 0 Å². The fourth-order valence-electron chi connectivity index (χ4n) is 0.856. The van der Waals surface area contributed by atoms with Crippen molar-refractivity contribution >= 4 is 25.8 Å². The summed E-state index contributed by atoms with van der Waals surface area (Å²) in [5, 5.41) is 0.549. The van der Waals surface area contributed by atoms with E-state index in [1.165, 1.54) is 0 Å². The maximum absolute atomic E-state index is 11.5. The van der Waals surface area contributed by atoms with Gasteiger partial charge in [0.15, 0.2) is 9.84 Å². The van der Waals surface area contributed by atoms with Gasteiger partial charge in [-0.1, -0.05) is 29.8 Å². The first-order valence-electron chi connectivity index (χ1n) is 4.19. The Morgan fingerprint density at radius 1 is 1.25 bits per heavy atom. The van der Waals surface area contributed by atoms with Crippen LogP contribution >= 0.6 is 15.9 Å². The largest absolute Gasteiger partial charge is 0.229 e. The molecule has 0 heterocycles. The zero-order valence-corrected chi connectivity index (χ0v) is 10.3. The van der Waals surface area contributed by atoms with Crippen LogP contribution in [0.4, 0.5) is 0 Å². The van der Waals surface area contributed by atoms with Crippen LogP contribution < -0.4 is 0 Å². The molecule has 0 rings (SSSR count). The third-order valence-corrected chi connectivity index (χ3v) is 5.16. The van der Waals surface area contributed by atoms with Crippen LogP contribution in [-0.4, -0.2) is 24.8 Å². The first kappa shape index (κ1) is 12.4. The van der Waals surface area contributed by atoms with Crippen molar-refractivity contribution in [3.63, 3.8) is 0 Å². The molecular weight excluding hydrogens is 240 g/mol. The smallest absolute Gasteiger partial charge is 0.153 e. The summed E-state index contributed by atoms with van der Waals surface area (Å²) in [4.78, 5) is 0. The van der Waals surface area contributed by atoms with E-state index in [-0.39, 0.29) is 11.2 Å². The van der Waals surface area contributed by atoms with E-state index in [0.717, 1.165) is 5.33 Å². The monoisotopic (exact) mass is 256 g/mol. The highest BCUT2D eigenvalue weighted by Gasteiger charge is 2.22. The minimum absolute atomic E-state index is 0.212. The average Bonchev–Trinajstić information content (AvgIpc) is 1.99. The van der Waals surface area contributed by atoms with Gasteiger partial charge in [0.25, 0.3) is 0 Å². The number of halogens is 1.